The lowest BCUT2D eigenvalue weighted by Gasteiger charge is -2.05. The van der Waals surface area contributed by atoms with Gasteiger partial charge in [-0.1, -0.05) is 64.8 Å². The van der Waals surface area contributed by atoms with Gasteiger partial charge < -0.3 is 5.21 Å². The van der Waals surface area contributed by atoms with Crippen LogP contribution in [0.1, 0.15) is 22.3 Å². The van der Waals surface area contributed by atoms with Crippen LogP contribution >= 0.6 is 0 Å². The third-order valence-corrected chi connectivity index (χ3v) is 2.75. The van der Waals surface area contributed by atoms with E-state index in [9.17, 15) is 0 Å². The largest absolute Gasteiger partial charge is 0.410 e. The summed E-state index contributed by atoms with van der Waals surface area (Å²) in [6.45, 7) is 4.07. The molecule has 2 heteroatoms. The maximum atomic E-state index is 9.16. The second kappa shape index (κ2) is 4.83. The molecular formula is C15H15NO. The number of rotatable bonds is 2. The Morgan fingerprint density at radius 2 is 1.12 bits per heavy atom. The van der Waals surface area contributed by atoms with Gasteiger partial charge >= 0.3 is 0 Å². The fourth-order valence-corrected chi connectivity index (χ4v) is 1.70. The van der Waals surface area contributed by atoms with Crippen LogP contribution < -0.4 is 0 Å². The van der Waals surface area contributed by atoms with Gasteiger partial charge in [0.05, 0.1) is 0 Å². The van der Waals surface area contributed by atoms with Crippen molar-refractivity contribution in [3.8, 4) is 0 Å². The van der Waals surface area contributed by atoms with E-state index in [1.807, 2.05) is 62.4 Å². The first-order valence-electron chi connectivity index (χ1n) is 5.57. The Morgan fingerprint density at radius 3 is 1.41 bits per heavy atom. The minimum Gasteiger partial charge on any atom is -0.410 e. The summed E-state index contributed by atoms with van der Waals surface area (Å²) >= 11 is 0. The van der Waals surface area contributed by atoms with E-state index in [0.717, 1.165) is 11.1 Å². The van der Waals surface area contributed by atoms with Gasteiger partial charge in [0.1, 0.15) is 5.71 Å². The molecule has 0 saturated carbocycles. The van der Waals surface area contributed by atoms with Crippen LogP contribution in [-0.4, -0.2) is 10.9 Å². The van der Waals surface area contributed by atoms with Gasteiger partial charge in [0.2, 0.25) is 0 Å². The van der Waals surface area contributed by atoms with Gasteiger partial charge in [-0.05, 0) is 13.8 Å². The lowest BCUT2D eigenvalue weighted by Crippen LogP contribution is -2.03. The zero-order valence-corrected chi connectivity index (χ0v) is 10.0. The molecule has 0 aliphatic heterocycles. The molecule has 2 aromatic carbocycles. The maximum absolute atomic E-state index is 9.16. The molecule has 2 rings (SSSR count). The van der Waals surface area contributed by atoms with Crippen LogP contribution in [0.3, 0.4) is 0 Å². The molecule has 0 atom stereocenters. The molecule has 0 amide bonds. The molecule has 0 heterocycles. The molecule has 0 aliphatic rings. The van der Waals surface area contributed by atoms with E-state index < -0.39 is 0 Å². The van der Waals surface area contributed by atoms with E-state index in [2.05, 4.69) is 5.16 Å². The molecule has 0 spiro atoms. The number of hydrogen-bond donors (Lipinski definition) is 1. The number of aryl methyl sites for hydroxylation is 2. The normalized spacial score (nSPS) is 10.0. The highest BCUT2D eigenvalue weighted by Gasteiger charge is 2.06. The van der Waals surface area contributed by atoms with Gasteiger partial charge in [0.25, 0.3) is 0 Å². The first-order chi connectivity index (χ1) is 8.20. The monoisotopic (exact) mass is 225 g/mol. The molecule has 0 bridgehead atoms. The summed E-state index contributed by atoms with van der Waals surface area (Å²) in [4.78, 5) is 0. The summed E-state index contributed by atoms with van der Waals surface area (Å²) in [6, 6.07) is 15.9. The van der Waals surface area contributed by atoms with Gasteiger partial charge in [0, 0.05) is 11.1 Å². The molecule has 0 unspecified atom stereocenters. The molecule has 0 radical (unpaired) electrons. The Kier molecular flexibility index (Phi) is 3.24. The summed E-state index contributed by atoms with van der Waals surface area (Å²) in [7, 11) is 0. The van der Waals surface area contributed by atoms with Crippen molar-refractivity contribution in [2.75, 3.05) is 0 Å². The highest BCUT2D eigenvalue weighted by Crippen LogP contribution is 2.12. The van der Waals surface area contributed by atoms with Crippen LogP contribution in [0.15, 0.2) is 53.7 Å². The third-order valence-electron chi connectivity index (χ3n) is 2.75. The van der Waals surface area contributed by atoms with Crippen LogP contribution in [0.5, 0.6) is 0 Å². The van der Waals surface area contributed by atoms with Crippen LogP contribution in [0.25, 0.3) is 0 Å². The van der Waals surface area contributed by atoms with E-state index in [1.54, 1.807) is 0 Å². The highest BCUT2D eigenvalue weighted by molar-refractivity contribution is 6.12. The van der Waals surface area contributed by atoms with E-state index in [1.165, 1.54) is 11.1 Å². The second-order valence-corrected chi connectivity index (χ2v) is 4.18. The summed E-state index contributed by atoms with van der Waals surface area (Å²) in [6.07, 6.45) is 0. The Hall–Kier alpha value is -2.09. The molecule has 0 saturated heterocycles. The first kappa shape index (κ1) is 11.4. The van der Waals surface area contributed by atoms with Crippen LogP contribution in [0.4, 0.5) is 0 Å². The van der Waals surface area contributed by atoms with Gasteiger partial charge in [-0.2, -0.15) is 0 Å². The summed E-state index contributed by atoms with van der Waals surface area (Å²) < 4.78 is 0. The smallest absolute Gasteiger partial charge is 0.117 e. The van der Waals surface area contributed by atoms with Crippen molar-refractivity contribution in [2.24, 2.45) is 5.16 Å². The Labute approximate surface area is 101 Å². The third kappa shape index (κ3) is 2.53. The topological polar surface area (TPSA) is 32.6 Å². The molecule has 2 aromatic rings. The highest BCUT2D eigenvalue weighted by atomic mass is 16.4. The summed E-state index contributed by atoms with van der Waals surface area (Å²) in [5, 5.41) is 12.6. The number of oxime groups is 1. The minimum atomic E-state index is 0.602. The Morgan fingerprint density at radius 1 is 0.765 bits per heavy atom. The molecule has 1 N–H and O–H groups in total. The quantitative estimate of drug-likeness (QED) is 0.473. The van der Waals surface area contributed by atoms with Gasteiger partial charge in [-0.3, -0.25) is 0 Å². The van der Waals surface area contributed by atoms with E-state index in [4.69, 9.17) is 5.21 Å². The zero-order valence-electron chi connectivity index (χ0n) is 10.0. The minimum absolute atomic E-state index is 0.602. The van der Waals surface area contributed by atoms with Crippen LogP contribution in [-0.2, 0) is 0 Å². The van der Waals surface area contributed by atoms with Crippen molar-refractivity contribution in [2.45, 2.75) is 13.8 Å². The van der Waals surface area contributed by atoms with E-state index >= 15 is 0 Å². The average Bonchev–Trinajstić information content (AvgIpc) is 2.35. The second-order valence-electron chi connectivity index (χ2n) is 4.18. The number of benzene rings is 2. The maximum Gasteiger partial charge on any atom is 0.117 e. The summed E-state index contributed by atoms with van der Waals surface area (Å²) in [5.41, 5.74) is 4.82. The fraction of sp³-hybridized carbons (Fsp3) is 0.133. The average molecular weight is 225 g/mol. The molecule has 86 valence electrons. The van der Waals surface area contributed by atoms with Gasteiger partial charge in [-0.15, -0.1) is 0 Å². The van der Waals surface area contributed by atoms with Crippen molar-refractivity contribution in [3.05, 3.63) is 70.8 Å². The zero-order chi connectivity index (χ0) is 12.3. The number of nitrogens with zero attached hydrogens (tertiary/aromatic N) is 1. The van der Waals surface area contributed by atoms with Crippen molar-refractivity contribution in [3.63, 3.8) is 0 Å². The standard InChI is InChI=1S/C15H15NO/c1-11-3-7-13(8-4-11)15(16-17)14-9-5-12(2)6-10-14/h3-10,17H,1-2H3. The van der Waals surface area contributed by atoms with Crippen molar-refractivity contribution in [1.29, 1.82) is 0 Å². The van der Waals surface area contributed by atoms with E-state index in [0.29, 0.717) is 5.71 Å². The van der Waals surface area contributed by atoms with E-state index in [-0.39, 0.29) is 0 Å². The fourth-order valence-electron chi connectivity index (χ4n) is 1.70. The molecule has 17 heavy (non-hydrogen) atoms. The summed E-state index contributed by atoms with van der Waals surface area (Å²) in [5.74, 6) is 0. The molecule has 0 aliphatic carbocycles. The van der Waals surface area contributed by atoms with Gasteiger partial charge in [0.15, 0.2) is 0 Å². The predicted molar refractivity (Wildman–Crippen MR) is 69.8 cm³/mol. The lowest BCUT2D eigenvalue weighted by molar-refractivity contribution is 0.319. The van der Waals surface area contributed by atoms with Crippen molar-refractivity contribution in [1.82, 2.24) is 0 Å². The van der Waals surface area contributed by atoms with Gasteiger partial charge in [-0.25, -0.2) is 0 Å². The van der Waals surface area contributed by atoms with Crippen LogP contribution in [0, 0.1) is 13.8 Å². The first-order valence-corrected chi connectivity index (χ1v) is 5.57. The SMILES string of the molecule is Cc1ccc(C(=NO)c2ccc(C)cc2)cc1. The van der Waals surface area contributed by atoms with Crippen molar-refractivity contribution >= 4 is 5.71 Å². The number of hydrogen-bond acceptors (Lipinski definition) is 2. The van der Waals surface area contributed by atoms with Crippen molar-refractivity contribution < 1.29 is 5.21 Å². The predicted octanol–water partition coefficient (Wildman–Crippen LogP) is 3.53. The molecule has 0 fully saturated rings. The van der Waals surface area contributed by atoms with Crippen LogP contribution in [0.2, 0.25) is 0 Å². The molecule has 2 nitrogen and oxygen atoms in total. The molecular weight excluding hydrogens is 210 g/mol. The lowest BCUT2D eigenvalue weighted by atomic mass is 10.0. The Bertz CT molecular complexity index is 476. The molecule has 0 aromatic heterocycles. The Balaban J connectivity index is 2.41.